The van der Waals surface area contributed by atoms with Crippen LogP contribution in [0.1, 0.15) is 16.1 Å². The number of nitrogens with one attached hydrogen (secondary N) is 1. The summed E-state index contributed by atoms with van der Waals surface area (Å²) in [6.45, 7) is 1.83. The number of non-ortho nitro benzene ring substituents is 1. The number of amides is 1. The lowest BCUT2D eigenvalue weighted by atomic mass is 10.1. The Kier molecular flexibility index (Phi) is 4.97. The number of para-hydroxylation sites is 1. The maximum Gasteiger partial charge on any atom is 0.291 e. The highest BCUT2D eigenvalue weighted by Crippen LogP contribution is 2.33. The molecule has 3 rings (SSSR count). The van der Waals surface area contributed by atoms with Crippen molar-refractivity contribution in [3.63, 3.8) is 0 Å². The molecule has 6 nitrogen and oxygen atoms in total. The van der Waals surface area contributed by atoms with Crippen LogP contribution in [0, 0.1) is 17.0 Å². The zero-order chi connectivity index (χ0) is 18.8. The van der Waals surface area contributed by atoms with Gasteiger partial charge in [-0.05, 0) is 36.8 Å². The second-order valence-corrected chi connectivity index (χ2v) is 6.29. The summed E-state index contributed by atoms with van der Waals surface area (Å²) in [5.41, 5.74) is 1.64. The number of rotatable bonds is 4. The zero-order valence-electron chi connectivity index (χ0n) is 13.5. The van der Waals surface area contributed by atoms with Gasteiger partial charge in [0.15, 0.2) is 5.76 Å². The molecule has 1 aromatic heterocycles. The van der Waals surface area contributed by atoms with Crippen molar-refractivity contribution in [2.24, 2.45) is 0 Å². The third kappa shape index (κ3) is 3.56. The van der Waals surface area contributed by atoms with E-state index in [1.165, 1.54) is 24.3 Å². The number of nitro benzene ring substituents is 1. The molecule has 132 valence electrons. The topological polar surface area (TPSA) is 85.4 Å². The molecule has 1 amide bonds. The van der Waals surface area contributed by atoms with Crippen LogP contribution < -0.4 is 5.32 Å². The summed E-state index contributed by atoms with van der Waals surface area (Å²) >= 11 is 12.2. The normalized spacial score (nSPS) is 10.6. The largest absolute Gasteiger partial charge is 0.451 e. The fourth-order valence-electron chi connectivity index (χ4n) is 2.39. The van der Waals surface area contributed by atoms with Crippen molar-refractivity contribution >= 4 is 40.5 Å². The van der Waals surface area contributed by atoms with Gasteiger partial charge in [-0.25, -0.2) is 0 Å². The molecule has 1 N–H and O–H groups in total. The van der Waals surface area contributed by atoms with E-state index in [2.05, 4.69) is 5.32 Å². The highest BCUT2D eigenvalue weighted by atomic mass is 35.5. The van der Waals surface area contributed by atoms with Crippen LogP contribution in [-0.4, -0.2) is 10.8 Å². The molecule has 0 radical (unpaired) electrons. The summed E-state index contributed by atoms with van der Waals surface area (Å²) < 4.78 is 5.56. The predicted molar refractivity (Wildman–Crippen MR) is 100.0 cm³/mol. The number of nitrogens with zero attached hydrogens (tertiary/aromatic N) is 1. The Morgan fingerprint density at radius 2 is 1.88 bits per heavy atom. The van der Waals surface area contributed by atoms with Crippen LogP contribution in [0.25, 0.3) is 11.3 Å². The van der Waals surface area contributed by atoms with Gasteiger partial charge in [0.1, 0.15) is 5.76 Å². The Balaban J connectivity index is 1.86. The van der Waals surface area contributed by atoms with Crippen molar-refractivity contribution in [1.29, 1.82) is 0 Å². The molecule has 0 fully saturated rings. The van der Waals surface area contributed by atoms with Gasteiger partial charge in [-0.15, -0.1) is 0 Å². The Labute approximate surface area is 158 Å². The number of nitro groups is 1. The van der Waals surface area contributed by atoms with Crippen molar-refractivity contribution in [3.05, 3.63) is 80.0 Å². The molecular weight excluding hydrogens is 379 g/mol. The summed E-state index contributed by atoms with van der Waals surface area (Å²) in [7, 11) is 0. The fourth-order valence-corrected chi connectivity index (χ4v) is 2.92. The van der Waals surface area contributed by atoms with Crippen molar-refractivity contribution in [3.8, 4) is 11.3 Å². The van der Waals surface area contributed by atoms with E-state index in [0.29, 0.717) is 22.0 Å². The van der Waals surface area contributed by atoms with Crippen LogP contribution in [0.2, 0.25) is 10.0 Å². The maximum atomic E-state index is 12.4. The highest BCUT2D eigenvalue weighted by molar-refractivity contribution is 6.34. The first kappa shape index (κ1) is 18.0. The van der Waals surface area contributed by atoms with Gasteiger partial charge in [-0.3, -0.25) is 14.9 Å². The molecule has 0 bridgehead atoms. The quantitative estimate of drug-likeness (QED) is 0.455. The summed E-state index contributed by atoms with van der Waals surface area (Å²) in [6, 6.07) is 12.4. The Hall–Kier alpha value is -2.83. The third-order valence-corrected chi connectivity index (χ3v) is 4.35. The summed E-state index contributed by atoms with van der Waals surface area (Å²) in [6.07, 6.45) is 0. The van der Waals surface area contributed by atoms with Crippen molar-refractivity contribution in [1.82, 2.24) is 0 Å². The number of benzene rings is 2. The minimum atomic E-state index is -0.539. The molecule has 8 heteroatoms. The second kappa shape index (κ2) is 7.19. The van der Waals surface area contributed by atoms with E-state index >= 15 is 0 Å². The van der Waals surface area contributed by atoms with E-state index in [9.17, 15) is 14.9 Å². The monoisotopic (exact) mass is 390 g/mol. The molecule has 3 aromatic rings. The van der Waals surface area contributed by atoms with Gasteiger partial charge in [0.2, 0.25) is 0 Å². The smallest absolute Gasteiger partial charge is 0.291 e. The molecule has 1 heterocycles. The van der Waals surface area contributed by atoms with Gasteiger partial charge < -0.3 is 9.73 Å². The highest BCUT2D eigenvalue weighted by Gasteiger charge is 2.17. The van der Waals surface area contributed by atoms with Crippen LogP contribution in [0.15, 0.2) is 52.9 Å². The van der Waals surface area contributed by atoms with E-state index in [0.717, 1.165) is 5.56 Å². The molecule has 0 spiro atoms. The molecule has 0 aliphatic carbocycles. The number of furan rings is 1. The SMILES string of the molecule is Cc1cccc(Cl)c1NC(=O)c1ccc(-c2ccc([N+](=O)[O-])cc2Cl)o1. The molecule has 2 aromatic carbocycles. The number of hydrogen-bond donors (Lipinski definition) is 1. The van der Waals surface area contributed by atoms with Crippen LogP contribution >= 0.6 is 23.2 Å². The summed E-state index contributed by atoms with van der Waals surface area (Å²) in [4.78, 5) is 22.6. The molecule has 0 saturated heterocycles. The van der Waals surface area contributed by atoms with Gasteiger partial charge in [-0.2, -0.15) is 0 Å². The zero-order valence-corrected chi connectivity index (χ0v) is 15.0. The minimum absolute atomic E-state index is 0.0636. The average molecular weight is 391 g/mol. The first-order chi connectivity index (χ1) is 12.4. The Bertz CT molecular complexity index is 994. The summed E-state index contributed by atoms with van der Waals surface area (Å²) in [5.74, 6) is -0.0786. The Morgan fingerprint density at radius 1 is 1.12 bits per heavy atom. The molecular formula is C18H12Cl2N2O4. The number of aryl methyl sites for hydroxylation is 1. The number of halogens is 2. The number of hydrogen-bond acceptors (Lipinski definition) is 4. The first-order valence-corrected chi connectivity index (χ1v) is 8.23. The van der Waals surface area contributed by atoms with E-state index in [-0.39, 0.29) is 16.5 Å². The molecule has 26 heavy (non-hydrogen) atoms. The van der Waals surface area contributed by atoms with E-state index in [4.69, 9.17) is 27.6 Å². The van der Waals surface area contributed by atoms with E-state index < -0.39 is 10.8 Å². The molecule has 0 aliphatic heterocycles. The predicted octanol–water partition coefficient (Wildman–Crippen LogP) is 5.72. The number of carbonyl (C=O) groups excluding carboxylic acids is 1. The molecule has 0 aliphatic rings. The standard InChI is InChI=1S/C18H12Cl2N2O4/c1-10-3-2-4-13(19)17(10)21-18(23)16-8-7-15(26-16)12-6-5-11(22(24)25)9-14(12)20/h2-9H,1H3,(H,21,23). The Morgan fingerprint density at radius 3 is 2.54 bits per heavy atom. The van der Waals surface area contributed by atoms with E-state index in [1.807, 2.05) is 13.0 Å². The second-order valence-electron chi connectivity index (χ2n) is 5.47. The van der Waals surface area contributed by atoms with Crippen LogP contribution in [-0.2, 0) is 0 Å². The van der Waals surface area contributed by atoms with Gasteiger partial charge in [0.05, 0.1) is 20.7 Å². The maximum absolute atomic E-state index is 12.4. The van der Waals surface area contributed by atoms with Crippen molar-refractivity contribution in [2.45, 2.75) is 6.92 Å². The third-order valence-electron chi connectivity index (χ3n) is 3.72. The van der Waals surface area contributed by atoms with Crippen molar-refractivity contribution in [2.75, 3.05) is 5.32 Å². The van der Waals surface area contributed by atoms with Crippen LogP contribution in [0.5, 0.6) is 0 Å². The number of anilines is 1. The van der Waals surface area contributed by atoms with Crippen LogP contribution in [0.4, 0.5) is 11.4 Å². The van der Waals surface area contributed by atoms with Crippen molar-refractivity contribution < 1.29 is 14.1 Å². The van der Waals surface area contributed by atoms with Gasteiger partial charge in [0, 0.05) is 17.7 Å². The minimum Gasteiger partial charge on any atom is -0.451 e. The lowest BCUT2D eigenvalue weighted by Crippen LogP contribution is -2.12. The average Bonchev–Trinajstić information content (AvgIpc) is 3.08. The fraction of sp³-hybridized carbons (Fsp3) is 0.0556. The van der Waals surface area contributed by atoms with Gasteiger partial charge in [-0.1, -0.05) is 35.3 Å². The lowest BCUT2D eigenvalue weighted by Gasteiger charge is -2.08. The van der Waals surface area contributed by atoms with Gasteiger partial charge >= 0.3 is 0 Å². The molecule has 0 saturated carbocycles. The summed E-state index contributed by atoms with van der Waals surface area (Å²) in [5, 5.41) is 14.1. The molecule has 0 atom stereocenters. The lowest BCUT2D eigenvalue weighted by molar-refractivity contribution is -0.384. The number of carbonyl (C=O) groups is 1. The van der Waals surface area contributed by atoms with Gasteiger partial charge in [0.25, 0.3) is 11.6 Å². The van der Waals surface area contributed by atoms with E-state index in [1.54, 1.807) is 18.2 Å². The van der Waals surface area contributed by atoms with Crippen LogP contribution in [0.3, 0.4) is 0 Å². The first-order valence-electron chi connectivity index (χ1n) is 7.47. The molecule has 0 unspecified atom stereocenters.